The van der Waals surface area contributed by atoms with Gasteiger partial charge in [0.05, 0.1) is 6.61 Å². The molecule has 4 nitrogen and oxygen atoms in total. The second kappa shape index (κ2) is 6.97. The second-order valence-corrected chi connectivity index (χ2v) is 5.93. The van der Waals surface area contributed by atoms with Crippen molar-refractivity contribution in [2.45, 2.75) is 65.6 Å². The van der Waals surface area contributed by atoms with Gasteiger partial charge in [-0.2, -0.15) is 0 Å². The summed E-state index contributed by atoms with van der Waals surface area (Å²) >= 11 is 0. The van der Waals surface area contributed by atoms with Gasteiger partial charge in [0.25, 0.3) is 0 Å². The van der Waals surface area contributed by atoms with E-state index < -0.39 is 11.6 Å². The SMILES string of the molecule is CC(C)CC(CO)NC(C)C(=O)OC(C)(C)C. The summed E-state index contributed by atoms with van der Waals surface area (Å²) in [5.74, 6) is 0.199. The number of ether oxygens (including phenoxy) is 1. The van der Waals surface area contributed by atoms with Crippen molar-refractivity contribution in [3.63, 3.8) is 0 Å². The zero-order valence-electron chi connectivity index (χ0n) is 11.9. The molecule has 0 saturated heterocycles. The minimum atomic E-state index is -0.472. The van der Waals surface area contributed by atoms with Gasteiger partial charge < -0.3 is 9.84 Å². The predicted molar refractivity (Wildman–Crippen MR) is 68.8 cm³/mol. The van der Waals surface area contributed by atoms with Crippen molar-refractivity contribution >= 4 is 5.97 Å². The lowest BCUT2D eigenvalue weighted by molar-refractivity contribution is -0.157. The Hall–Kier alpha value is -0.610. The molecular weight excluding hydrogens is 218 g/mol. The maximum Gasteiger partial charge on any atom is 0.323 e. The van der Waals surface area contributed by atoms with Crippen LogP contribution in [0.25, 0.3) is 0 Å². The molecule has 0 rings (SSSR count). The third-order valence-corrected chi connectivity index (χ3v) is 2.22. The maximum atomic E-state index is 11.7. The van der Waals surface area contributed by atoms with Gasteiger partial charge in [-0.25, -0.2) is 0 Å². The van der Waals surface area contributed by atoms with E-state index in [2.05, 4.69) is 19.2 Å². The summed E-state index contributed by atoms with van der Waals surface area (Å²) < 4.78 is 5.27. The second-order valence-electron chi connectivity index (χ2n) is 5.93. The molecule has 0 aliphatic heterocycles. The van der Waals surface area contributed by atoms with Crippen molar-refractivity contribution in [3.05, 3.63) is 0 Å². The fourth-order valence-corrected chi connectivity index (χ4v) is 1.58. The maximum absolute atomic E-state index is 11.7. The molecule has 0 saturated carbocycles. The zero-order chi connectivity index (χ0) is 13.6. The molecule has 0 heterocycles. The molecule has 0 fully saturated rings. The number of hydrogen-bond donors (Lipinski definition) is 2. The molecule has 0 amide bonds. The quantitative estimate of drug-likeness (QED) is 0.699. The van der Waals surface area contributed by atoms with Gasteiger partial charge >= 0.3 is 5.97 Å². The number of carbonyl (C=O) groups is 1. The van der Waals surface area contributed by atoms with Gasteiger partial charge in [0, 0.05) is 6.04 Å². The fourth-order valence-electron chi connectivity index (χ4n) is 1.58. The zero-order valence-corrected chi connectivity index (χ0v) is 11.9. The van der Waals surface area contributed by atoms with Gasteiger partial charge in [-0.15, -0.1) is 0 Å². The Kier molecular flexibility index (Phi) is 6.72. The van der Waals surface area contributed by atoms with Crippen LogP contribution in [-0.2, 0) is 9.53 Å². The number of carbonyl (C=O) groups excluding carboxylic acids is 1. The Labute approximate surface area is 105 Å². The number of aliphatic hydroxyl groups excluding tert-OH is 1. The molecule has 0 bridgehead atoms. The van der Waals surface area contributed by atoms with E-state index in [0.717, 1.165) is 6.42 Å². The van der Waals surface area contributed by atoms with Crippen LogP contribution in [0.5, 0.6) is 0 Å². The number of rotatable bonds is 6. The van der Waals surface area contributed by atoms with Gasteiger partial charge in [0.2, 0.25) is 0 Å². The Morgan fingerprint density at radius 2 is 1.82 bits per heavy atom. The van der Waals surface area contributed by atoms with E-state index in [1.807, 2.05) is 20.8 Å². The van der Waals surface area contributed by atoms with Crippen LogP contribution in [0.1, 0.15) is 48.0 Å². The van der Waals surface area contributed by atoms with Crippen LogP contribution in [0.15, 0.2) is 0 Å². The fraction of sp³-hybridized carbons (Fsp3) is 0.923. The molecule has 0 radical (unpaired) electrons. The van der Waals surface area contributed by atoms with E-state index in [1.165, 1.54) is 0 Å². The monoisotopic (exact) mass is 245 g/mol. The Morgan fingerprint density at radius 1 is 1.29 bits per heavy atom. The summed E-state index contributed by atoms with van der Waals surface area (Å²) in [6, 6.07) is -0.456. The molecule has 17 heavy (non-hydrogen) atoms. The van der Waals surface area contributed by atoms with Crippen LogP contribution in [-0.4, -0.2) is 35.4 Å². The molecule has 0 spiro atoms. The van der Waals surface area contributed by atoms with Crippen LogP contribution in [0.2, 0.25) is 0 Å². The summed E-state index contributed by atoms with van der Waals surface area (Å²) in [7, 11) is 0. The molecule has 0 aromatic rings. The molecule has 2 atom stereocenters. The summed E-state index contributed by atoms with van der Waals surface area (Å²) in [5.41, 5.74) is -0.472. The number of hydrogen-bond acceptors (Lipinski definition) is 4. The largest absolute Gasteiger partial charge is 0.459 e. The number of esters is 1. The minimum absolute atomic E-state index is 0.0331. The van der Waals surface area contributed by atoms with E-state index >= 15 is 0 Å². The summed E-state index contributed by atoms with van der Waals surface area (Å²) in [5, 5.41) is 12.3. The highest BCUT2D eigenvalue weighted by atomic mass is 16.6. The van der Waals surface area contributed by atoms with Crippen molar-refractivity contribution in [2.75, 3.05) is 6.61 Å². The molecule has 2 unspecified atom stereocenters. The first-order valence-electron chi connectivity index (χ1n) is 6.25. The van der Waals surface area contributed by atoms with Crippen molar-refractivity contribution < 1.29 is 14.6 Å². The predicted octanol–water partition coefficient (Wildman–Crippen LogP) is 1.71. The van der Waals surface area contributed by atoms with Gasteiger partial charge in [-0.1, -0.05) is 13.8 Å². The topological polar surface area (TPSA) is 58.6 Å². The first-order valence-corrected chi connectivity index (χ1v) is 6.25. The molecule has 4 heteroatoms. The first kappa shape index (κ1) is 16.4. The summed E-state index contributed by atoms with van der Waals surface area (Å²) in [6.45, 7) is 11.5. The van der Waals surface area contributed by atoms with Crippen LogP contribution in [0, 0.1) is 5.92 Å². The van der Waals surface area contributed by atoms with Crippen LogP contribution < -0.4 is 5.32 Å². The van der Waals surface area contributed by atoms with Crippen LogP contribution >= 0.6 is 0 Å². The van der Waals surface area contributed by atoms with E-state index in [4.69, 9.17) is 4.74 Å². The molecule has 0 aromatic heterocycles. The summed E-state index contributed by atoms with van der Waals surface area (Å²) in [4.78, 5) is 11.7. The highest BCUT2D eigenvalue weighted by Gasteiger charge is 2.23. The van der Waals surface area contributed by atoms with Gasteiger partial charge in [-0.05, 0) is 40.0 Å². The Bertz CT molecular complexity index is 233. The smallest absolute Gasteiger partial charge is 0.323 e. The molecule has 102 valence electrons. The molecule has 0 aliphatic rings. The first-order chi connectivity index (χ1) is 7.65. The van der Waals surface area contributed by atoms with Gasteiger partial charge in [0.1, 0.15) is 11.6 Å². The minimum Gasteiger partial charge on any atom is -0.459 e. The normalized spacial score (nSPS) is 15.8. The Morgan fingerprint density at radius 3 is 2.18 bits per heavy atom. The average molecular weight is 245 g/mol. The average Bonchev–Trinajstić information content (AvgIpc) is 2.13. The van der Waals surface area contributed by atoms with E-state index in [0.29, 0.717) is 5.92 Å². The number of nitrogens with one attached hydrogen (secondary N) is 1. The lowest BCUT2D eigenvalue weighted by Crippen LogP contribution is -2.46. The van der Waals surface area contributed by atoms with Gasteiger partial charge in [-0.3, -0.25) is 10.1 Å². The summed E-state index contributed by atoms with van der Waals surface area (Å²) in [6.07, 6.45) is 0.837. The van der Waals surface area contributed by atoms with Crippen molar-refractivity contribution in [1.82, 2.24) is 5.32 Å². The standard InChI is InChI=1S/C13H27NO3/c1-9(2)7-11(8-15)14-10(3)12(16)17-13(4,5)6/h9-11,14-15H,7-8H2,1-6H3. The van der Waals surface area contributed by atoms with Crippen molar-refractivity contribution in [2.24, 2.45) is 5.92 Å². The Balaban J connectivity index is 4.22. The molecule has 0 aliphatic carbocycles. The molecule has 0 aromatic carbocycles. The van der Waals surface area contributed by atoms with Crippen LogP contribution in [0.3, 0.4) is 0 Å². The van der Waals surface area contributed by atoms with Crippen molar-refractivity contribution in [1.29, 1.82) is 0 Å². The highest BCUT2D eigenvalue weighted by molar-refractivity contribution is 5.75. The van der Waals surface area contributed by atoms with Crippen molar-refractivity contribution in [3.8, 4) is 0 Å². The lowest BCUT2D eigenvalue weighted by Gasteiger charge is -2.26. The van der Waals surface area contributed by atoms with E-state index in [9.17, 15) is 9.90 Å². The molecular formula is C13H27NO3. The highest BCUT2D eigenvalue weighted by Crippen LogP contribution is 2.10. The number of aliphatic hydroxyl groups is 1. The third-order valence-electron chi connectivity index (χ3n) is 2.22. The van der Waals surface area contributed by atoms with Gasteiger partial charge in [0.15, 0.2) is 0 Å². The van der Waals surface area contributed by atoms with Crippen LogP contribution in [0.4, 0.5) is 0 Å². The van der Waals surface area contributed by atoms with E-state index in [1.54, 1.807) is 6.92 Å². The lowest BCUT2D eigenvalue weighted by atomic mass is 10.0. The molecule has 2 N–H and O–H groups in total. The van der Waals surface area contributed by atoms with E-state index in [-0.39, 0.29) is 18.6 Å². The third kappa shape index (κ3) is 8.16.